The van der Waals surface area contributed by atoms with Crippen LogP contribution in [0.25, 0.3) is 10.1 Å². The number of nitrogens with zero attached hydrogens (tertiary/aromatic N) is 2. The van der Waals surface area contributed by atoms with Gasteiger partial charge in [0, 0.05) is 29.0 Å². The van der Waals surface area contributed by atoms with Gasteiger partial charge in [-0.1, -0.05) is 18.2 Å². The van der Waals surface area contributed by atoms with Gasteiger partial charge in [-0.3, -0.25) is 9.78 Å². The van der Waals surface area contributed by atoms with Crippen molar-refractivity contribution in [2.45, 2.75) is 13.5 Å². The Hall–Kier alpha value is -3.98. The number of ether oxygens (including phenoxy) is 2. The monoisotopic (exact) mass is 448 g/mol. The van der Waals surface area contributed by atoms with Gasteiger partial charge in [0.05, 0.1) is 28.6 Å². The molecular weight excluding hydrogens is 428 g/mol. The van der Waals surface area contributed by atoms with Crippen molar-refractivity contribution in [1.82, 2.24) is 9.97 Å². The van der Waals surface area contributed by atoms with Crippen molar-refractivity contribution in [1.29, 1.82) is 0 Å². The van der Waals surface area contributed by atoms with Crippen molar-refractivity contribution in [2.24, 2.45) is 0 Å². The maximum atomic E-state index is 12.5. The number of benzene rings is 1. The fraction of sp³-hybridized carbons (Fsp3) is 0.130. The van der Waals surface area contributed by atoms with Gasteiger partial charge in [-0.15, -0.1) is 11.3 Å². The molecule has 3 heterocycles. The Morgan fingerprint density at radius 3 is 2.75 bits per heavy atom. The molecule has 162 valence electrons. The predicted octanol–water partition coefficient (Wildman–Crippen LogP) is 4.28. The van der Waals surface area contributed by atoms with Crippen LogP contribution >= 0.6 is 11.3 Å². The first-order chi connectivity index (χ1) is 15.6. The highest BCUT2D eigenvalue weighted by atomic mass is 32.1. The number of hydrogen-bond acceptors (Lipinski definition) is 8. The zero-order chi connectivity index (χ0) is 22.5. The van der Waals surface area contributed by atoms with E-state index in [1.807, 2.05) is 23.6 Å². The molecule has 0 spiro atoms. The molecule has 0 unspecified atom stereocenters. The zero-order valence-corrected chi connectivity index (χ0v) is 18.0. The minimum atomic E-state index is -0.444. The molecule has 0 fully saturated rings. The minimum absolute atomic E-state index is 0.170. The second-order valence-corrected chi connectivity index (χ2v) is 7.64. The maximum Gasteiger partial charge on any atom is 0.341 e. The molecule has 0 saturated heterocycles. The Morgan fingerprint density at radius 1 is 1.16 bits per heavy atom. The number of esters is 1. The first-order valence-corrected chi connectivity index (χ1v) is 10.7. The molecule has 0 saturated carbocycles. The average Bonchev–Trinajstić information content (AvgIpc) is 3.24. The number of aromatic nitrogens is 2. The van der Waals surface area contributed by atoms with Crippen molar-refractivity contribution >= 4 is 44.8 Å². The predicted molar refractivity (Wildman–Crippen MR) is 123 cm³/mol. The van der Waals surface area contributed by atoms with Crippen LogP contribution in [-0.4, -0.2) is 28.5 Å². The van der Waals surface area contributed by atoms with Crippen LogP contribution in [0.15, 0.2) is 60.4 Å². The van der Waals surface area contributed by atoms with E-state index in [9.17, 15) is 9.59 Å². The smallest absolute Gasteiger partial charge is 0.341 e. The fourth-order valence-corrected chi connectivity index (χ4v) is 4.16. The Morgan fingerprint density at radius 2 is 1.97 bits per heavy atom. The summed E-state index contributed by atoms with van der Waals surface area (Å²) in [5.41, 5.74) is 8.28. The number of thiophene rings is 1. The third-order valence-corrected chi connectivity index (χ3v) is 5.66. The van der Waals surface area contributed by atoms with Gasteiger partial charge < -0.3 is 20.5 Å². The second kappa shape index (κ2) is 9.44. The van der Waals surface area contributed by atoms with Gasteiger partial charge in [0.25, 0.3) is 5.91 Å². The van der Waals surface area contributed by atoms with Crippen LogP contribution < -0.4 is 15.8 Å². The average molecular weight is 449 g/mol. The Labute approximate surface area is 188 Å². The highest BCUT2D eigenvalue weighted by Gasteiger charge is 2.18. The number of carbonyl (C=O) groups is 2. The highest BCUT2D eigenvalue weighted by Crippen LogP contribution is 2.33. The zero-order valence-electron chi connectivity index (χ0n) is 17.2. The number of fused-ring (bicyclic) bond motifs is 1. The van der Waals surface area contributed by atoms with Crippen LogP contribution in [0.4, 0.5) is 11.5 Å². The molecule has 0 aliphatic rings. The number of rotatable bonds is 7. The molecule has 8 nitrogen and oxygen atoms in total. The molecule has 0 atom stereocenters. The molecule has 0 bridgehead atoms. The Balaban J connectivity index is 1.52. The number of pyridine rings is 2. The Bertz CT molecular complexity index is 1270. The molecule has 3 N–H and O–H groups in total. The first kappa shape index (κ1) is 21.3. The van der Waals surface area contributed by atoms with E-state index in [4.69, 9.17) is 15.2 Å². The lowest BCUT2D eigenvalue weighted by atomic mass is 10.1. The van der Waals surface area contributed by atoms with Gasteiger partial charge in [0.2, 0.25) is 0 Å². The number of hydrogen-bond donors (Lipinski definition) is 2. The third kappa shape index (κ3) is 4.52. The van der Waals surface area contributed by atoms with Crippen molar-refractivity contribution in [3.8, 4) is 5.75 Å². The number of nitrogens with one attached hydrogen (secondary N) is 1. The van der Waals surface area contributed by atoms with Crippen LogP contribution in [0.1, 0.15) is 33.2 Å². The molecule has 1 aromatic carbocycles. The van der Waals surface area contributed by atoms with Crippen LogP contribution in [0, 0.1) is 0 Å². The van der Waals surface area contributed by atoms with Gasteiger partial charge in [0.15, 0.2) is 0 Å². The lowest BCUT2D eigenvalue weighted by Gasteiger charge is -2.09. The molecular formula is C23H20N4O4S. The van der Waals surface area contributed by atoms with Gasteiger partial charge in [-0.05, 0) is 30.5 Å². The molecule has 0 aliphatic carbocycles. The van der Waals surface area contributed by atoms with Gasteiger partial charge in [-0.2, -0.15) is 0 Å². The minimum Gasteiger partial charge on any atom is -0.487 e. The lowest BCUT2D eigenvalue weighted by molar-refractivity contribution is 0.0528. The lowest BCUT2D eigenvalue weighted by Crippen LogP contribution is -2.12. The highest BCUT2D eigenvalue weighted by molar-refractivity contribution is 7.17. The quantitative estimate of drug-likeness (QED) is 0.405. The molecule has 32 heavy (non-hydrogen) atoms. The van der Waals surface area contributed by atoms with Crippen molar-refractivity contribution < 1.29 is 19.1 Å². The standard InChI is InChI=1S/C23H20N4O4S/c1-2-30-23(29)18-11-26-21(24)19-15(13-32-20(18)19)12-31-17-8-14(9-25-10-17)22(28)27-16-6-4-3-5-7-16/h3-11,13H,2,12H2,1H3,(H2,24,26)(H,27,28). The van der Waals surface area contributed by atoms with E-state index in [0.717, 1.165) is 5.56 Å². The third-order valence-electron chi connectivity index (χ3n) is 4.60. The summed E-state index contributed by atoms with van der Waals surface area (Å²) in [6.07, 6.45) is 4.42. The van der Waals surface area contributed by atoms with Crippen molar-refractivity contribution in [2.75, 3.05) is 17.7 Å². The molecule has 4 rings (SSSR count). The summed E-state index contributed by atoms with van der Waals surface area (Å²) < 4.78 is 11.7. The molecule has 0 radical (unpaired) electrons. The van der Waals surface area contributed by atoms with Crippen LogP contribution in [0.2, 0.25) is 0 Å². The summed E-state index contributed by atoms with van der Waals surface area (Å²) >= 11 is 1.37. The summed E-state index contributed by atoms with van der Waals surface area (Å²) in [5, 5.41) is 5.34. The fourth-order valence-electron chi connectivity index (χ4n) is 3.10. The first-order valence-electron chi connectivity index (χ1n) is 9.82. The summed E-state index contributed by atoms with van der Waals surface area (Å²) in [4.78, 5) is 33.0. The summed E-state index contributed by atoms with van der Waals surface area (Å²) in [7, 11) is 0. The molecule has 1 amide bonds. The number of nitrogens with two attached hydrogens (primary N) is 1. The molecule has 0 aliphatic heterocycles. The summed E-state index contributed by atoms with van der Waals surface area (Å²) in [5.74, 6) is 0.00320. The van der Waals surface area contributed by atoms with Gasteiger partial charge in [0.1, 0.15) is 18.2 Å². The van der Waals surface area contributed by atoms with Crippen molar-refractivity contribution in [3.05, 3.63) is 77.1 Å². The molecule has 9 heteroatoms. The summed E-state index contributed by atoms with van der Waals surface area (Å²) in [6, 6.07) is 10.8. The van der Waals surface area contributed by atoms with Gasteiger partial charge in [-0.25, -0.2) is 9.78 Å². The van der Waals surface area contributed by atoms with Crippen LogP contribution in [0.5, 0.6) is 5.75 Å². The maximum absolute atomic E-state index is 12.5. The number of amides is 1. The summed E-state index contributed by atoms with van der Waals surface area (Å²) in [6.45, 7) is 2.19. The molecule has 3 aromatic heterocycles. The SMILES string of the molecule is CCOC(=O)c1cnc(N)c2c(COc3cncc(C(=O)Nc4ccccc4)c3)csc12. The number of nitrogen functional groups attached to an aromatic ring is 1. The van der Waals surface area contributed by atoms with Crippen molar-refractivity contribution in [3.63, 3.8) is 0 Å². The van der Waals surface area contributed by atoms with E-state index >= 15 is 0 Å². The number of carbonyl (C=O) groups excluding carboxylic acids is 2. The van der Waals surface area contributed by atoms with E-state index in [1.54, 1.807) is 25.1 Å². The van der Waals surface area contributed by atoms with E-state index in [1.165, 1.54) is 29.9 Å². The van der Waals surface area contributed by atoms with E-state index < -0.39 is 5.97 Å². The normalized spacial score (nSPS) is 10.7. The van der Waals surface area contributed by atoms with E-state index in [-0.39, 0.29) is 19.1 Å². The Kier molecular flexibility index (Phi) is 6.27. The number of para-hydroxylation sites is 1. The number of anilines is 2. The molecule has 4 aromatic rings. The largest absolute Gasteiger partial charge is 0.487 e. The van der Waals surface area contributed by atoms with Crippen LogP contribution in [-0.2, 0) is 11.3 Å². The van der Waals surface area contributed by atoms with E-state index in [2.05, 4.69) is 15.3 Å². The topological polar surface area (TPSA) is 116 Å². The van der Waals surface area contributed by atoms with E-state index in [0.29, 0.717) is 38.5 Å². The van der Waals surface area contributed by atoms with Crippen LogP contribution in [0.3, 0.4) is 0 Å². The second-order valence-electron chi connectivity index (χ2n) is 6.76. The van der Waals surface area contributed by atoms with Gasteiger partial charge >= 0.3 is 5.97 Å².